The first kappa shape index (κ1) is 15.0. The van der Waals surface area contributed by atoms with E-state index < -0.39 is 0 Å². The summed E-state index contributed by atoms with van der Waals surface area (Å²) < 4.78 is 0. The third-order valence-corrected chi connectivity index (χ3v) is 3.78. The zero-order valence-corrected chi connectivity index (χ0v) is 12.4. The number of halogens is 1. The summed E-state index contributed by atoms with van der Waals surface area (Å²) in [6.07, 6.45) is 1.13. The highest BCUT2D eigenvalue weighted by atomic mass is 35.5. The second-order valence-electron chi connectivity index (χ2n) is 5.35. The smallest absolute Gasteiger partial charge is 0.0234 e. The summed E-state index contributed by atoms with van der Waals surface area (Å²) in [4.78, 5) is 2.43. The van der Waals surface area contributed by atoms with Crippen molar-refractivity contribution in [2.24, 2.45) is 5.73 Å². The molecule has 0 aliphatic carbocycles. The van der Waals surface area contributed by atoms with Gasteiger partial charge in [-0.25, -0.2) is 0 Å². The lowest BCUT2D eigenvalue weighted by Crippen LogP contribution is -2.26. The molecule has 1 atom stereocenters. The number of likely N-dealkylation sites (tertiary alicyclic amines) is 1. The van der Waals surface area contributed by atoms with Crippen LogP contribution in [-0.4, -0.2) is 24.0 Å². The van der Waals surface area contributed by atoms with Gasteiger partial charge < -0.3 is 5.73 Å². The van der Waals surface area contributed by atoms with Crippen molar-refractivity contribution in [3.05, 3.63) is 60.2 Å². The molecule has 1 saturated heterocycles. The molecule has 106 valence electrons. The van der Waals surface area contributed by atoms with Crippen molar-refractivity contribution in [1.29, 1.82) is 0 Å². The van der Waals surface area contributed by atoms with Crippen LogP contribution >= 0.6 is 12.4 Å². The molecule has 0 unspecified atom stereocenters. The highest BCUT2D eigenvalue weighted by molar-refractivity contribution is 5.85. The first-order chi connectivity index (χ1) is 9.31. The summed E-state index contributed by atoms with van der Waals surface area (Å²) in [5.41, 5.74) is 9.86. The fourth-order valence-corrected chi connectivity index (χ4v) is 2.70. The Balaban J connectivity index is 0.00000147. The molecule has 0 amide bonds. The first-order valence-corrected chi connectivity index (χ1v) is 6.93. The molecule has 2 aromatic carbocycles. The summed E-state index contributed by atoms with van der Waals surface area (Å²) in [7, 11) is 0. The molecule has 0 aromatic heterocycles. The maximum atomic E-state index is 5.94. The van der Waals surface area contributed by atoms with E-state index in [4.69, 9.17) is 5.73 Å². The van der Waals surface area contributed by atoms with Crippen LogP contribution in [0.15, 0.2) is 54.6 Å². The van der Waals surface area contributed by atoms with Crippen LogP contribution in [0.5, 0.6) is 0 Å². The van der Waals surface area contributed by atoms with E-state index in [0.29, 0.717) is 6.04 Å². The zero-order valence-electron chi connectivity index (χ0n) is 11.5. The van der Waals surface area contributed by atoms with Crippen molar-refractivity contribution in [2.75, 3.05) is 13.1 Å². The van der Waals surface area contributed by atoms with E-state index in [-0.39, 0.29) is 12.4 Å². The highest BCUT2D eigenvalue weighted by Crippen LogP contribution is 2.20. The minimum Gasteiger partial charge on any atom is -0.326 e. The Labute approximate surface area is 127 Å². The highest BCUT2D eigenvalue weighted by Gasteiger charge is 2.18. The lowest BCUT2D eigenvalue weighted by atomic mass is 10.0. The predicted molar refractivity (Wildman–Crippen MR) is 87.0 cm³/mol. The summed E-state index contributed by atoms with van der Waals surface area (Å²) in [5, 5.41) is 0. The number of hydrogen-bond donors (Lipinski definition) is 1. The van der Waals surface area contributed by atoms with E-state index in [1.165, 1.54) is 16.7 Å². The molecule has 3 rings (SSSR count). The molecule has 1 heterocycles. The topological polar surface area (TPSA) is 29.3 Å². The van der Waals surface area contributed by atoms with E-state index in [1.807, 2.05) is 0 Å². The SMILES string of the molecule is Cl.N[C@@H]1CCN(Cc2ccc(-c3ccccc3)cc2)C1. The van der Waals surface area contributed by atoms with Gasteiger partial charge in [0.25, 0.3) is 0 Å². The average Bonchev–Trinajstić information content (AvgIpc) is 2.86. The maximum absolute atomic E-state index is 5.94. The van der Waals surface area contributed by atoms with Gasteiger partial charge in [0, 0.05) is 25.7 Å². The van der Waals surface area contributed by atoms with Gasteiger partial charge in [-0.05, 0) is 23.1 Å². The third kappa shape index (κ3) is 3.60. The van der Waals surface area contributed by atoms with Crippen LogP contribution in [0.25, 0.3) is 11.1 Å². The molecule has 1 aliphatic rings. The van der Waals surface area contributed by atoms with Crippen molar-refractivity contribution >= 4 is 12.4 Å². The Morgan fingerprint density at radius 1 is 0.950 bits per heavy atom. The van der Waals surface area contributed by atoms with Crippen LogP contribution in [-0.2, 0) is 6.54 Å². The van der Waals surface area contributed by atoms with Gasteiger partial charge in [-0.15, -0.1) is 12.4 Å². The summed E-state index contributed by atoms with van der Waals surface area (Å²) in [6.45, 7) is 3.17. The molecule has 2 nitrogen and oxygen atoms in total. The minimum atomic E-state index is 0. The number of nitrogens with zero attached hydrogens (tertiary/aromatic N) is 1. The van der Waals surface area contributed by atoms with Crippen molar-refractivity contribution < 1.29 is 0 Å². The number of hydrogen-bond acceptors (Lipinski definition) is 2. The fraction of sp³-hybridized carbons (Fsp3) is 0.294. The second kappa shape index (κ2) is 6.89. The van der Waals surface area contributed by atoms with Gasteiger partial charge in [-0.2, -0.15) is 0 Å². The predicted octanol–water partition coefficient (Wildman–Crippen LogP) is 3.31. The van der Waals surface area contributed by atoms with Crippen LogP contribution in [0.4, 0.5) is 0 Å². The Morgan fingerprint density at radius 2 is 1.60 bits per heavy atom. The van der Waals surface area contributed by atoms with Gasteiger partial charge in [0.05, 0.1) is 0 Å². The van der Waals surface area contributed by atoms with Crippen LogP contribution in [0.2, 0.25) is 0 Å². The van der Waals surface area contributed by atoms with Crippen molar-refractivity contribution in [2.45, 2.75) is 19.0 Å². The lowest BCUT2D eigenvalue weighted by molar-refractivity contribution is 0.327. The zero-order chi connectivity index (χ0) is 13.1. The maximum Gasteiger partial charge on any atom is 0.0234 e. The first-order valence-electron chi connectivity index (χ1n) is 6.93. The fourth-order valence-electron chi connectivity index (χ4n) is 2.70. The monoisotopic (exact) mass is 288 g/mol. The minimum absolute atomic E-state index is 0. The van der Waals surface area contributed by atoms with E-state index in [1.54, 1.807) is 0 Å². The average molecular weight is 289 g/mol. The lowest BCUT2D eigenvalue weighted by Gasteiger charge is -2.15. The Kier molecular flexibility index (Phi) is 5.18. The quantitative estimate of drug-likeness (QED) is 0.939. The molecular formula is C17H21ClN2. The normalized spacial score (nSPS) is 18.8. The second-order valence-corrected chi connectivity index (χ2v) is 5.35. The molecule has 1 aliphatic heterocycles. The van der Waals surface area contributed by atoms with Crippen LogP contribution in [0, 0.1) is 0 Å². The Hall–Kier alpha value is -1.35. The molecule has 1 fully saturated rings. The van der Waals surface area contributed by atoms with Crippen molar-refractivity contribution in [3.8, 4) is 11.1 Å². The van der Waals surface area contributed by atoms with E-state index in [9.17, 15) is 0 Å². The third-order valence-electron chi connectivity index (χ3n) is 3.78. The summed E-state index contributed by atoms with van der Waals surface area (Å²) in [5.74, 6) is 0. The van der Waals surface area contributed by atoms with Crippen LogP contribution < -0.4 is 5.73 Å². The molecule has 0 radical (unpaired) electrons. The van der Waals surface area contributed by atoms with Gasteiger partial charge in [0.15, 0.2) is 0 Å². The van der Waals surface area contributed by atoms with Crippen LogP contribution in [0.3, 0.4) is 0 Å². The summed E-state index contributed by atoms with van der Waals surface area (Å²) >= 11 is 0. The van der Waals surface area contributed by atoms with Gasteiger partial charge in [-0.1, -0.05) is 54.6 Å². The van der Waals surface area contributed by atoms with E-state index in [2.05, 4.69) is 59.5 Å². The molecular weight excluding hydrogens is 268 g/mol. The van der Waals surface area contributed by atoms with Crippen LogP contribution in [0.1, 0.15) is 12.0 Å². The van der Waals surface area contributed by atoms with Gasteiger partial charge in [-0.3, -0.25) is 4.90 Å². The van der Waals surface area contributed by atoms with Gasteiger partial charge in [0.1, 0.15) is 0 Å². The molecule has 0 bridgehead atoms. The standard InChI is InChI=1S/C17H20N2.ClH/c18-17-10-11-19(13-17)12-14-6-8-16(9-7-14)15-4-2-1-3-5-15;/h1-9,17H,10-13,18H2;1H/t17-;/m1./s1. The Morgan fingerprint density at radius 3 is 2.20 bits per heavy atom. The molecule has 0 spiro atoms. The molecule has 0 saturated carbocycles. The van der Waals surface area contributed by atoms with E-state index >= 15 is 0 Å². The number of benzene rings is 2. The molecule has 2 N–H and O–H groups in total. The van der Waals surface area contributed by atoms with E-state index in [0.717, 1.165) is 26.1 Å². The number of rotatable bonds is 3. The molecule has 2 aromatic rings. The Bertz CT molecular complexity index is 524. The molecule has 20 heavy (non-hydrogen) atoms. The van der Waals surface area contributed by atoms with Crippen molar-refractivity contribution in [1.82, 2.24) is 4.90 Å². The summed E-state index contributed by atoms with van der Waals surface area (Å²) in [6, 6.07) is 19.7. The molecule has 3 heteroatoms. The number of nitrogens with two attached hydrogens (primary N) is 1. The van der Waals surface area contributed by atoms with Crippen molar-refractivity contribution in [3.63, 3.8) is 0 Å². The largest absolute Gasteiger partial charge is 0.326 e. The van der Waals surface area contributed by atoms with Gasteiger partial charge >= 0.3 is 0 Å². The van der Waals surface area contributed by atoms with Gasteiger partial charge in [0.2, 0.25) is 0 Å².